The minimum Gasteiger partial charge on any atom is -0.381 e. The summed E-state index contributed by atoms with van der Waals surface area (Å²) in [6.07, 6.45) is 5.31. The standard InChI is InChI=1S/C14H18N2O3S2/c1-20-14-16-12(11(21-14)10(17)8-2-3-8)15-13(18)9-4-6-19-7-5-9/h8-9H,2-7H2,1H3,(H,15,18). The molecule has 21 heavy (non-hydrogen) atoms. The maximum atomic E-state index is 12.3. The van der Waals surface area contributed by atoms with Crippen LogP contribution in [0.15, 0.2) is 4.34 Å². The molecule has 7 heteroatoms. The van der Waals surface area contributed by atoms with Gasteiger partial charge >= 0.3 is 0 Å². The summed E-state index contributed by atoms with van der Waals surface area (Å²) < 4.78 is 6.09. The molecule has 0 atom stereocenters. The topological polar surface area (TPSA) is 68.3 Å². The number of aromatic nitrogens is 1. The lowest BCUT2D eigenvalue weighted by atomic mass is 9.99. The number of nitrogens with one attached hydrogen (secondary N) is 1. The lowest BCUT2D eigenvalue weighted by Gasteiger charge is -2.20. The number of thioether (sulfide) groups is 1. The van der Waals surface area contributed by atoms with Crippen LogP contribution < -0.4 is 5.32 Å². The molecule has 1 saturated carbocycles. The molecule has 114 valence electrons. The van der Waals surface area contributed by atoms with Gasteiger partial charge in [0.1, 0.15) is 4.88 Å². The Balaban J connectivity index is 1.75. The lowest BCUT2D eigenvalue weighted by Crippen LogP contribution is -2.29. The number of rotatable bonds is 5. The fourth-order valence-corrected chi connectivity index (χ4v) is 3.89. The summed E-state index contributed by atoms with van der Waals surface area (Å²) in [4.78, 5) is 29.6. The van der Waals surface area contributed by atoms with Gasteiger partial charge in [-0.3, -0.25) is 9.59 Å². The van der Waals surface area contributed by atoms with Gasteiger partial charge in [0, 0.05) is 25.0 Å². The van der Waals surface area contributed by atoms with Gasteiger partial charge in [-0.15, -0.1) is 11.3 Å². The molecular formula is C14H18N2O3S2. The SMILES string of the molecule is CSc1nc(NC(=O)C2CCOCC2)c(C(=O)C2CC2)s1. The monoisotopic (exact) mass is 326 g/mol. The second-order valence-corrected chi connectivity index (χ2v) is 7.43. The van der Waals surface area contributed by atoms with Gasteiger partial charge in [-0.25, -0.2) is 4.98 Å². The van der Waals surface area contributed by atoms with E-state index in [1.54, 1.807) is 0 Å². The number of carbonyl (C=O) groups is 2. The molecule has 1 amide bonds. The van der Waals surface area contributed by atoms with E-state index in [9.17, 15) is 9.59 Å². The van der Waals surface area contributed by atoms with E-state index in [-0.39, 0.29) is 23.5 Å². The van der Waals surface area contributed by atoms with E-state index in [0.29, 0.717) is 23.9 Å². The van der Waals surface area contributed by atoms with Crippen LogP contribution in [0.25, 0.3) is 0 Å². The Labute approximate surface area is 131 Å². The summed E-state index contributed by atoms with van der Waals surface area (Å²) in [6, 6.07) is 0. The fraction of sp³-hybridized carbons (Fsp3) is 0.643. The molecule has 5 nitrogen and oxygen atoms in total. The largest absolute Gasteiger partial charge is 0.381 e. The van der Waals surface area contributed by atoms with Crippen molar-refractivity contribution < 1.29 is 14.3 Å². The van der Waals surface area contributed by atoms with Crippen LogP contribution in [0.3, 0.4) is 0 Å². The van der Waals surface area contributed by atoms with Crippen molar-refractivity contribution >= 4 is 40.6 Å². The van der Waals surface area contributed by atoms with Crippen molar-refractivity contribution in [3.05, 3.63) is 4.88 Å². The summed E-state index contributed by atoms with van der Waals surface area (Å²) in [5, 5.41) is 2.87. The molecule has 1 N–H and O–H groups in total. The number of amides is 1. The second-order valence-electron chi connectivity index (χ2n) is 5.38. The Morgan fingerprint density at radius 3 is 2.57 bits per heavy atom. The number of nitrogens with zero attached hydrogens (tertiary/aromatic N) is 1. The summed E-state index contributed by atoms with van der Waals surface area (Å²) in [5.41, 5.74) is 0. The van der Waals surface area contributed by atoms with Crippen LogP contribution in [0.2, 0.25) is 0 Å². The van der Waals surface area contributed by atoms with Crippen molar-refractivity contribution in [1.29, 1.82) is 0 Å². The van der Waals surface area contributed by atoms with Crippen molar-refractivity contribution in [3.63, 3.8) is 0 Å². The zero-order valence-corrected chi connectivity index (χ0v) is 13.5. The molecule has 2 fully saturated rings. The van der Waals surface area contributed by atoms with Crippen molar-refractivity contribution in [2.75, 3.05) is 24.8 Å². The first-order valence-corrected chi connectivity index (χ1v) is 9.21. The van der Waals surface area contributed by atoms with Crippen molar-refractivity contribution in [2.45, 2.75) is 30.0 Å². The van der Waals surface area contributed by atoms with Gasteiger partial charge in [-0.2, -0.15) is 0 Å². The Bertz CT molecular complexity index is 548. The highest BCUT2D eigenvalue weighted by atomic mass is 32.2. The highest BCUT2D eigenvalue weighted by Gasteiger charge is 2.34. The molecule has 0 spiro atoms. The number of carbonyl (C=O) groups excluding carboxylic acids is 2. The van der Waals surface area contributed by atoms with Crippen molar-refractivity contribution in [1.82, 2.24) is 4.98 Å². The molecule has 0 aromatic carbocycles. The molecular weight excluding hydrogens is 308 g/mol. The molecule has 3 rings (SSSR count). The van der Waals surface area contributed by atoms with E-state index < -0.39 is 0 Å². The number of hydrogen-bond acceptors (Lipinski definition) is 6. The summed E-state index contributed by atoms with van der Waals surface area (Å²) >= 11 is 2.89. The second kappa shape index (κ2) is 6.46. The normalized spacial score (nSPS) is 19.5. The van der Waals surface area contributed by atoms with Crippen LogP contribution in [-0.4, -0.2) is 36.1 Å². The molecule has 2 heterocycles. The van der Waals surface area contributed by atoms with Crippen LogP contribution >= 0.6 is 23.1 Å². The van der Waals surface area contributed by atoms with Gasteiger partial charge in [0.25, 0.3) is 0 Å². The van der Waals surface area contributed by atoms with Gasteiger partial charge in [0.05, 0.1) is 0 Å². The number of Topliss-reactive ketones (excluding diaryl/α,β-unsaturated/α-hetero) is 1. The van der Waals surface area contributed by atoms with Gasteiger partial charge in [0.2, 0.25) is 5.91 Å². The average molecular weight is 326 g/mol. The maximum absolute atomic E-state index is 12.3. The predicted molar refractivity (Wildman–Crippen MR) is 83.1 cm³/mol. The third-order valence-corrected chi connectivity index (χ3v) is 5.84. The highest BCUT2D eigenvalue weighted by Crippen LogP contribution is 2.38. The van der Waals surface area contributed by atoms with E-state index in [2.05, 4.69) is 10.3 Å². The van der Waals surface area contributed by atoms with Crippen molar-refractivity contribution in [3.8, 4) is 0 Å². The number of ether oxygens (including phenoxy) is 1. The maximum Gasteiger partial charge on any atom is 0.228 e. The molecule has 2 aliphatic rings. The molecule has 1 aromatic rings. The summed E-state index contributed by atoms with van der Waals surface area (Å²) in [7, 11) is 0. The van der Waals surface area contributed by atoms with Crippen molar-refractivity contribution in [2.24, 2.45) is 11.8 Å². The van der Waals surface area contributed by atoms with Gasteiger partial charge in [-0.05, 0) is 31.9 Å². The van der Waals surface area contributed by atoms with E-state index in [1.807, 2.05) is 6.26 Å². The smallest absolute Gasteiger partial charge is 0.228 e. The summed E-state index contributed by atoms with van der Waals surface area (Å²) in [5.74, 6) is 0.648. The Hall–Kier alpha value is -0.920. The third-order valence-electron chi connectivity index (χ3n) is 3.79. The van der Waals surface area contributed by atoms with Crippen LogP contribution in [0, 0.1) is 11.8 Å². The molecule has 1 aliphatic heterocycles. The number of hydrogen-bond donors (Lipinski definition) is 1. The molecule has 1 aliphatic carbocycles. The molecule has 1 saturated heterocycles. The number of ketones is 1. The number of anilines is 1. The average Bonchev–Trinajstić information content (AvgIpc) is 3.29. The Morgan fingerprint density at radius 1 is 1.24 bits per heavy atom. The van der Waals surface area contributed by atoms with Crippen LogP contribution in [0.1, 0.15) is 35.4 Å². The zero-order chi connectivity index (χ0) is 14.8. The van der Waals surface area contributed by atoms with Crippen LogP contribution in [-0.2, 0) is 9.53 Å². The minimum absolute atomic E-state index is 0.0398. The van der Waals surface area contributed by atoms with E-state index in [4.69, 9.17) is 4.74 Å². The van der Waals surface area contributed by atoms with E-state index >= 15 is 0 Å². The number of thiazole rings is 1. The summed E-state index contributed by atoms with van der Waals surface area (Å²) in [6.45, 7) is 1.25. The van der Waals surface area contributed by atoms with Crippen LogP contribution in [0.5, 0.6) is 0 Å². The zero-order valence-electron chi connectivity index (χ0n) is 11.9. The highest BCUT2D eigenvalue weighted by molar-refractivity contribution is 8.00. The Kier molecular flexibility index (Phi) is 4.61. The molecule has 0 unspecified atom stereocenters. The third kappa shape index (κ3) is 3.46. The first-order valence-electron chi connectivity index (χ1n) is 7.16. The van der Waals surface area contributed by atoms with E-state index in [0.717, 1.165) is 30.0 Å². The molecule has 1 aromatic heterocycles. The van der Waals surface area contributed by atoms with Gasteiger partial charge in [0.15, 0.2) is 15.9 Å². The van der Waals surface area contributed by atoms with Gasteiger partial charge < -0.3 is 10.1 Å². The molecule has 0 bridgehead atoms. The minimum atomic E-state index is -0.0406. The fourth-order valence-electron chi connectivity index (χ4n) is 2.35. The first-order chi connectivity index (χ1) is 10.2. The Morgan fingerprint density at radius 2 is 1.95 bits per heavy atom. The van der Waals surface area contributed by atoms with Crippen LogP contribution in [0.4, 0.5) is 5.82 Å². The molecule has 0 radical (unpaired) electrons. The van der Waals surface area contributed by atoms with E-state index in [1.165, 1.54) is 23.1 Å². The predicted octanol–water partition coefficient (Wildman–Crippen LogP) is 2.82. The van der Waals surface area contributed by atoms with Gasteiger partial charge in [-0.1, -0.05) is 11.8 Å². The first kappa shape index (κ1) is 15.0. The quantitative estimate of drug-likeness (QED) is 0.665. The lowest BCUT2D eigenvalue weighted by molar-refractivity contribution is -0.122.